The number of likely N-dealkylation sites (N-methyl/N-ethyl adjacent to an activating group) is 2. The Balaban J connectivity index is 1.71. The smallest absolute Gasteiger partial charge is 0.410 e. The fraction of sp³-hybridized carbons (Fsp3) is 0.667. The summed E-state index contributed by atoms with van der Waals surface area (Å²) < 4.78 is 17.7. The molecule has 482 valence electrons. The first kappa shape index (κ1) is 73.4. The minimum absolute atomic E-state index is 0.0811. The molecule has 3 rings (SSSR count). The van der Waals surface area contributed by atoms with Gasteiger partial charge in [0.05, 0.1) is 48.8 Å². The second kappa shape index (κ2) is 36.3. The van der Waals surface area contributed by atoms with E-state index >= 15 is 0 Å². The molecule has 9 N–H and O–H groups in total. The van der Waals surface area contributed by atoms with Gasteiger partial charge in [-0.3, -0.25) is 38.5 Å². The quantitative estimate of drug-likeness (QED) is 0.0380. The van der Waals surface area contributed by atoms with Gasteiger partial charge in [0.25, 0.3) is 0 Å². The van der Waals surface area contributed by atoms with Crippen molar-refractivity contribution < 1.29 is 62.5 Å². The number of ether oxygens (including phenoxy) is 3. The summed E-state index contributed by atoms with van der Waals surface area (Å²) in [4.78, 5) is 126. The zero-order chi connectivity index (χ0) is 64.5. The summed E-state index contributed by atoms with van der Waals surface area (Å²) in [5.74, 6) is -4.83. The summed E-state index contributed by atoms with van der Waals surface area (Å²) in [5.41, 5.74) is 6.81. The van der Waals surface area contributed by atoms with Crippen molar-refractivity contribution in [2.24, 2.45) is 35.3 Å². The van der Waals surface area contributed by atoms with Gasteiger partial charge in [0.2, 0.25) is 41.4 Å². The van der Waals surface area contributed by atoms with E-state index in [1.165, 1.54) is 26.2 Å². The van der Waals surface area contributed by atoms with Crippen molar-refractivity contribution in [3.63, 3.8) is 0 Å². The SMILES string of the molecule is CCCCC(=O)N[C@H](C(=O)N[C@H](CCCNC(N)=O)C(=O)Nc1ccc(COC(=O)N(C)[C@H](C(=O)N[C@H](C(=O)N(C)[C@H]([C@@H](C)CC)[C@@H](CC(=O)N2CCC[C@H]2[C@H](OC)[C@@H](C)C(=O)N[C@H](C)[C@@H](O)c2ccccc2)OC)C(C)C)C(C)C)cc1)C(C)C. The number of aliphatic hydroxyl groups excluding tert-OH is 1. The number of rotatable bonds is 35. The number of nitrogens with one attached hydrogen (secondary N) is 6. The van der Waals surface area contributed by atoms with Gasteiger partial charge in [0, 0.05) is 53.5 Å². The number of unbranched alkanes of at least 4 members (excludes halogenated alkanes) is 1. The first-order chi connectivity index (χ1) is 40.6. The third-order valence-electron chi connectivity index (χ3n) is 16.3. The minimum atomic E-state index is -1.07. The Labute approximate surface area is 510 Å². The fourth-order valence-corrected chi connectivity index (χ4v) is 11.0. The first-order valence-electron chi connectivity index (χ1n) is 30.5. The normalized spacial score (nSPS) is 17.1. The van der Waals surface area contributed by atoms with Crippen LogP contribution in [-0.4, -0.2) is 169 Å². The third-order valence-corrected chi connectivity index (χ3v) is 16.3. The number of likely N-dealkylation sites (tertiary alicyclic amines) is 1. The molecule has 2 aromatic carbocycles. The molecule has 1 aliphatic rings. The lowest BCUT2D eigenvalue weighted by Crippen LogP contribution is -2.60. The van der Waals surface area contributed by atoms with E-state index in [-0.39, 0.29) is 62.0 Å². The highest BCUT2D eigenvalue weighted by atomic mass is 16.6. The van der Waals surface area contributed by atoms with Gasteiger partial charge >= 0.3 is 12.1 Å². The van der Waals surface area contributed by atoms with E-state index in [9.17, 15) is 48.3 Å². The highest BCUT2D eigenvalue weighted by Gasteiger charge is 2.44. The molecule has 0 aliphatic carbocycles. The molecule has 23 heteroatoms. The van der Waals surface area contributed by atoms with Gasteiger partial charge in [-0.1, -0.05) is 125 Å². The molecule has 0 saturated carbocycles. The maximum Gasteiger partial charge on any atom is 0.410 e. The number of carbonyl (C=O) groups is 9. The lowest BCUT2D eigenvalue weighted by Gasteiger charge is -2.41. The number of nitrogens with zero attached hydrogens (tertiary/aromatic N) is 3. The number of benzene rings is 2. The molecule has 0 spiro atoms. The van der Waals surface area contributed by atoms with Gasteiger partial charge in [0.1, 0.15) is 30.8 Å². The van der Waals surface area contributed by atoms with Crippen LogP contribution in [-0.2, 0) is 54.4 Å². The van der Waals surface area contributed by atoms with E-state index in [0.29, 0.717) is 55.5 Å². The maximum absolute atomic E-state index is 14.8. The maximum atomic E-state index is 14.8. The van der Waals surface area contributed by atoms with Crippen molar-refractivity contribution >= 4 is 59.2 Å². The van der Waals surface area contributed by atoms with E-state index in [1.54, 1.807) is 94.8 Å². The Bertz CT molecular complexity index is 2500. The summed E-state index contributed by atoms with van der Waals surface area (Å²) in [6.07, 6.45) is 0.850. The average Bonchev–Trinajstić information content (AvgIpc) is 2.88. The molecule has 1 aliphatic heterocycles. The van der Waals surface area contributed by atoms with Crippen LogP contribution in [0.15, 0.2) is 54.6 Å². The van der Waals surface area contributed by atoms with Gasteiger partial charge in [-0.15, -0.1) is 0 Å². The van der Waals surface area contributed by atoms with Crippen molar-refractivity contribution in [1.29, 1.82) is 0 Å². The standard InChI is InChI=1S/C63H102N10O13/c1-16-18-28-49(74)69-51(37(3)4)59(79)68-46(26-22-33-65-62(64)82)58(78)67-45-31-29-43(30-32-45)36-86-63(83)72(13)53(39(7)8)60(80)70-52(38(5)6)61(81)71(12)54(40(9)17-2)48(84-14)35-50(75)73-34-23-27-47(73)56(85-15)41(10)57(77)66-42(11)55(76)44-24-20-19-21-25-44/h19-21,24-25,29-32,37-42,46-48,51-56,76H,16-18,22-23,26-28,33-36H2,1-15H3,(H,66,77)(H,67,78)(H,68,79)(H,69,74)(H,70,80)(H3,64,65,82)/t40-,41+,42+,46+,47-,48+,51-,52-,53-,54+,55+,56+/m0/s1. The summed E-state index contributed by atoms with van der Waals surface area (Å²) in [5, 5.41) is 27.7. The number of primary amides is 1. The Kier molecular flexibility index (Phi) is 31.0. The molecule has 1 fully saturated rings. The molecule has 0 radical (unpaired) electrons. The summed E-state index contributed by atoms with van der Waals surface area (Å²) >= 11 is 0. The molecule has 10 amide bonds. The van der Waals surface area contributed by atoms with Crippen molar-refractivity contribution in [2.75, 3.05) is 46.7 Å². The molecule has 0 unspecified atom stereocenters. The lowest BCUT2D eigenvalue weighted by atomic mass is 9.89. The Hall–Kier alpha value is -6.85. The Morgan fingerprint density at radius 3 is 1.93 bits per heavy atom. The molecular weight excluding hydrogens is 1100 g/mol. The van der Waals surface area contributed by atoms with Crippen molar-refractivity contribution in [1.82, 2.24) is 41.3 Å². The van der Waals surface area contributed by atoms with Crippen LogP contribution in [0.1, 0.15) is 151 Å². The second-order valence-electron chi connectivity index (χ2n) is 23.9. The summed E-state index contributed by atoms with van der Waals surface area (Å²) in [6, 6.07) is 9.13. The van der Waals surface area contributed by atoms with Crippen LogP contribution >= 0.6 is 0 Å². The molecule has 12 atom stereocenters. The van der Waals surface area contributed by atoms with Crippen LogP contribution in [0.3, 0.4) is 0 Å². The number of urea groups is 1. The predicted molar refractivity (Wildman–Crippen MR) is 329 cm³/mol. The largest absolute Gasteiger partial charge is 0.445 e. The second-order valence-corrected chi connectivity index (χ2v) is 23.9. The van der Waals surface area contributed by atoms with Crippen LogP contribution in [0.5, 0.6) is 0 Å². The topological polar surface area (TPSA) is 309 Å². The van der Waals surface area contributed by atoms with Crippen molar-refractivity contribution in [2.45, 2.75) is 201 Å². The number of amides is 10. The highest BCUT2D eigenvalue weighted by Crippen LogP contribution is 2.30. The summed E-state index contributed by atoms with van der Waals surface area (Å²) in [6.45, 7) is 20.5. The zero-order valence-corrected chi connectivity index (χ0v) is 53.6. The minimum Gasteiger partial charge on any atom is -0.445 e. The predicted octanol–water partition coefficient (Wildman–Crippen LogP) is 5.78. The van der Waals surface area contributed by atoms with E-state index in [1.807, 2.05) is 52.8 Å². The number of aliphatic hydroxyl groups is 1. The molecule has 1 saturated heterocycles. The number of methoxy groups -OCH3 is 2. The Morgan fingerprint density at radius 1 is 0.733 bits per heavy atom. The third kappa shape index (κ3) is 21.8. The van der Waals surface area contributed by atoms with E-state index in [0.717, 1.165) is 6.42 Å². The zero-order valence-electron chi connectivity index (χ0n) is 53.6. The Morgan fingerprint density at radius 2 is 1.37 bits per heavy atom. The number of hydrogen-bond acceptors (Lipinski definition) is 13. The van der Waals surface area contributed by atoms with Gasteiger partial charge < -0.3 is 66.8 Å². The molecule has 0 bridgehead atoms. The monoisotopic (exact) mass is 1210 g/mol. The van der Waals surface area contributed by atoms with E-state index in [4.69, 9.17) is 19.9 Å². The average molecular weight is 1210 g/mol. The summed E-state index contributed by atoms with van der Waals surface area (Å²) in [7, 11) is 6.11. The molecular formula is C63H102N10O13. The molecule has 86 heavy (non-hydrogen) atoms. The van der Waals surface area contributed by atoms with Crippen LogP contribution in [0.25, 0.3) is 0 Å². The van der Waals surface area contributed by atoms with Crippen LogP contribution < -0.4 is 37.6 Å². The van der Waals surface area contributed by atoms with Gasteiger partial charge in [-0.2, -0.15) is 0 Å². The van der Waals surface area contributed by atoms with Gasteiger partial charge in [-0.25, -0.2) is 9.59 Å². The number of hydrogen-bond donors (Lipinski definition) is 8. The van der Waals surface area contributed by atoms with E-state index < -0.39 is 114 Å². The van der Waals surface area contributed by atoms with Gasteiger partial charge in [-0.05, 0) is 86.0 Å². The van der Waals surface area contributed by atoms with E-state index in [2.05, 4.69) is 31.9 Å². The lowest BCUT2D eigenvalue weighted by molar-refractivity contribution is -0.148. The van der Waals surface area contributed by atoms with Crippen molar-refractivity contribution in [3.8, 4) is 0 Å². The van der Waals surface area contributed by atoms with Crippen LogP contribution in [0.2, 0.25) is 0 Å². The molecule has 2 aromatic rings. The number of carbonyl (C=O) groups excluding carboxylic acids is 9. The highest BCUT2D eigenvalue weighted by molar-refractivity contribution is 5.98. The number of anilines is 1. The molecule has 1 heterocycles. The first-order valence-corrected chi connectivity index (χ1v) is 30.5. The van der Waals surface area contributed by atoms with Crippen molar-refractivity contribution in [3.05, 3.63) is 65.7 Å². The fourth-order valence-electron chi connectivity index (χ4n) is 11.0. The van der Waals surface area contributed by atoms with Crippen LogP contribution in [0.4, 0.5) is 15.3 Å². The van der Waals surface area contributed by atoms with Crippen LogP contribution in [0, 0.1) is 29.6 Å². The van der Waals surface area contributed by atoms with Gasteiger partial charge in [0.15, 0.2) is 0 Å². The molecule has 0 aromatic heterocycles. The number of nitrogens with two attached hydrogens (primary N) is 1. The molecule has 23 nitrogen and oxygen atoms in total.